The van der Waals surface area contributed by atoms with Gasteiger partial charge in [0.1, 0.15) is 89.5 Å². The number of phenols is 3. The van der Waals surface area contributed by atoms with E-state index < -0.39 is 242 Å². The van der Waals surface area contributed by atoms with Crippen LogP contribution in [0.4, 0.5) is 0 Å². The van der Waals surface area contributed by atoms with E-state index in [4.69, 9.17) is 57.4 Å². The monoisotopic (exact) mass is 1450 g/mol. The largest absolute Gasteiger partial charge is 0.508 e. The van der Waals surface area contributed by atoms with Gasteiger partial charge in [-0.1, -0.05) is 55.2 Å². The Morgan fingerprint density at radius 1 is 0.703 bits per heavy atom. The van der Waals surface area contributed by atoms with E-state index in [1.165, 1.54) is 27.0 Å². The van der Waals surface area contributed by atoms with Crippen LogP contribution in [0.25, 0.3) is 11.1 Å². The van der Waals surface area contributed by atoms with Crippen molar-refractivity contribution in [2.45, 2.75) is 156 Å². The third-order valence-corrected chi connectivity index (χ3v) is 18.3. The van der Waals surface area contributed by atoms with Gasteiger partial charge < -0.3 is 128 Å². The van der Waals surface area contributed by atoms with Gasteiger partial charge in [-0.15, -0.1) is 0 Å². The zero-order chi connectivity index (χ0) is 73.5. The summed E-state index contributed by atoms with van der Waals surface area (Å²) in [4.78, 5) is 116. The van der Waals surface area contributed by atoms with Crippen molar-refractivity contribution in [1.82, 2.24) is 37.2 Å². The Balaban J connectivity index is 1.23. The first-order valence-corrected chi connectivity index (χ1v) is 32.3. The zero-order valence-corrected chi connectivity index (χ0v) is 55.7. The fraction of sp³-hybridized carbons (Fsp3) is 0.424. The molecule has 0 spiro atoms. The molecule has 12 rings (SSSR count). The Bertz CT molecular complexity index is 4070. The second-order valence-electron chi connectivity index (χ2n) is 25.6. The van der Waals surface area contributed by atoms with Crippen LogP contribution in [0.1, 0.15) is 105 Å². The quantitative estimate of drug-likeness (QED) is 0.0817. The lowest BCUT2D eigenvalue weighted by Gasteiger charge is -2.47. The van der Waals surface area contributed by atoms with Crippen LogP contribution in [0.2, 0.25) is 10.0 Å². The lowest BCUT2D eigenvalue weighted by atomic mass is 9.86. The fourth-order valence-electron chi connectivity index (χ4n) is 12.4. The van der Waals surface area contributed by atoms with Crippen molar-refractivity contribution in [1.29, 1.82) is 0 Å². The van der Waals surface area contributed by atoms with E-state index in [1.807, 2.05) is 13.8 Å². The number of carbonyl (C=O) groups is 8. The van der Waals surface area contributed by atoms with Crippen LogP contribution in [0.5, 0.6) is 46.0 Å². The molecule has 7 aliphatic rings. The highest BCUT2D eigenvalue weighted by Crippen LogP contribution is 2.50. The molecule has 0 saturated carbocycles. The van der Waals surface area contributed by atoms with Gasteiger partial charge in [-0.2, -0.15) is 0 Å². The maximum absolute atomic E-state index is 15.9. The number of hydrogen-bond donors (Lipinski definition) is 19. The minimum Gasteiger partial charge on any atom is -0.508 e. The molecule has 0 aliphatic carbocycles. The van der Waals surface area contributed by atoms with E-state index in [9.17, 15) is 84.9 Å². The number of phenolic OH excluding ortho intramolecular Hbond substituents is 3. The molecule has 542 valence electrons. The predicted molar refractivity (Wildman–Crippen MR) is 348 cm³/mol. The number of carboxylic acid groups (broad SMARTS) is 2. The number of aromatic hydroxyl groups is 3. The molecule has 7 aliphatic heterocycles. The van der Waals surface area contributed by atoms with Gasteiger partial charge in [0.15, 0.2) is 29.9 Å². The maximum atomic E-state index is 15.9. The van der Waals surface area contributed by atoms with E-state index in [0.29, 0.717) is 0 Å². The second-order valence-corrected chi connectivity index (χ2v) is 26.5. The van der Waals surface area contributed by atoms with Crippen molar-refractivity contribution in [2.75, 3.05) is 13.7 Å². The maximum Gasteiger partial charge on any atom is 0.330 e. The highest BCUT2D eigenvalue weighted by molar-refractivity contribution is 6.32. The lowest BCUT2D eigenvalue weighted by molar-refractivity contribution is -0.333. The third kappa shape index (κ3) is 15.8. The van der Waals surface area contributed by atoms with E-state index in [0.717, 1.165) is 72.8 Å². The molecule has 7 heterocycles. The first-order chi connectivity index (χ1) is 47.7. The predicted octanol–water partition coefficient (Wildman–Crippen LogP) is 0.706. The van der Waals surface area contributed by atoms with Crippen LogP contribution in [-0.2, 0) is 52.6 Å². The number of rotatable bonds is 12. The highest BCUT2D eigenvalue weighted by Gasteiger charge is 2.51. The summed E-state index contributed by atoms with van der Waals surface area (Å²) in [6.07, 6.45) is -18.8. The Morgan fingerprint density at radius 3 is 1.90 bits per heavy atom. The molecule has 5 aromatic rings. The summed E-state index contributed by atoms with van der Waals surface area (Å²) in [7, 11) is 1.46. The summed E-state index contributed by atoms with van der Waals surface area (Å²) in [5.74, 6) is -16.7. The van der Waals surface area contributed by atoms with Gasteiger partial charge in [0.2, 0.25) is 47.5 Å². The number of ether oxygens (including phenoxy) is 6. The molecule has 11 bridgehead atoms. The second kappa shape index (κ2) is 30.2. The fourth-order valence-corrected chi connectivity index (χ4v) is 12.9. The Morgan fingerprint density at radius 2 is 1.32 bits per heavy atom. The van der Waals surface area contributed by atoms with Crippen molar-refractivity contribution in [3.8, 4) is 57.1 Å². The summed E-state index contributed by atoms with van der Waals surface area (Å²) >= 11 is 14.1. The topological polar surface area (TPSA) is 525 Å². The minimum absolute atomic E-state index is 0.0991. The Hall–Kier alpha value is -9.20. The molecule has 33 nitrogen and oxygen atoms in total. The summed E-state index contributed by atoms with van der Waals surface area (Å²) < 4.78 is 38.2. The van der Waals surface area contributed by atoms with Crippen molar-refractivity contribution >= 4 is 70.6 Å². The summed E-state index contributed by atoms with van der Waals surface area (Å²) in [6, 6.07) is -0.942. The molecule has 18 atom stereocenters. The van der Waals surface area contributed by atoms with Crippen LogP contribution in [0.15, 0.2) is 78.9 Å². The summed E-state index contributed by atoms with van der Waals surface area (Å²) in [5.41, 5.74) is 2.21. The van der Waals surface area contributed by atoms with Crippen molar-refractivity contribution in [2.24, 2.45) is 11.7 Å². The molecule has 35 heteroatoms. The lowest BCUT2D eigenvalue weighted by Crippen LogP contribution is -2.64. The number of aliphatic hydroxyl groups is 6. The van der Waals surface area contributed by atoms with E-state index in [1.54, 1.807) is 0 Å². The number of halogens is 2. The first kappa shape index (κ1) is 74.5. The van der Waals surface area contributed by atoms with Crippen LogP contribution in [0, 0.1) is 5.92 Å². The number of carbonyl (C=O) groups excluding carboxylic acids is 6. The number of hydrogen-bond acceptors (Lipinski definition) is 25. The number of nitrogens with one attached hydrogen (secondary N) is 7. The van der Waals surface area contributed by atoms with Gasteiger partial charge in [0.25, 0.3) is 0 Å². The smallest absolute Gasteiger partial charge is 0.330 e. The molecular weight excluding hydrogens is 1380 g/mol. The molecule has 6 amide bonds. The van der Waals surface area contributed by atoms with Crippen LogP contribution >= 0.6 is 23.2 Å². The number of amides is 6. The molecule has 0 aromatic heterocycles. The standard InChI is InChI=1S/C66H74Cl2N8O25/c1-23(2)12-34(70-5)58(87)75-49-51(82)26-7-10-38(32(67)14-26)97-40-16-28-17-41(55(40)101-65-56(54(85)53(84)42(22-77)99-65)100-44-21-66(4,69)57(86)24(3)96-44)98-39-11-8-27(15-33(39)68)52(83)50-62(91)74-48(64(94)95)31-18-29(78)19-37(80)45(31)30-13-25(6-9-36(30)79)46(59(88)76-50)73-60(89)47(28)72-43(81)20-35(63(92)93)71-61(49)90/h6-11,13-19,23-24,34-35,42,44,46-54,56-57,65,70,77-80,82-86H,12,20-22,69H2,1-5H3,(H,71,90)(H,72,81)(H,73,89)(H,74,91)(H,75,87)(H,76,88)(H,92,93)(H,94,95)/t24?,34-,35-,42?,44?,46+,47+,48-,49+,50-,51+,52+,53?,54?,56?,57?,65?,66?/m0/s1. The summed E-state index contributed by atoms with van der Waals surface area (Å²) in [6.45, 7) is 5.63. The molecular formula is C66H74Cl2N8O25. The number of aliphatic hydroxyl groups excluding tert-OH is 6. The van der Waals surface area contributed by atoms with Gasteiger partial charge in [0, 0.05) is 34.7 Å². The van der Waals surface area contributed by atoms with Gasteiger partial charge in [-0.05, 0) is 110 Å². The van der Waals surface area contributed by atoms with Crippen LogP contribution < -0.4 is 57.2 Å². The molecule has 9 unspecified atom stereocenters. The number of carboxylic acids is 2. The molecule has 2 fully saturated rings. The van der Waals surface area contributed by atoms with E-state index in [2.05, 4.69) is 37.2 Å². The van der Waals surface area contributed by atoms with E-state index in [-0.39, 0.29) is 41.2 Å². The molecule has 2 saturated heterocycles. The zero-order valence-electron chi connectivity index (χ0n) is 54.2. The number of nitrogens with two attached hydrogens (primary N) is 1. The van der Waals surface area contributed by atoms with Gasteiger partial charge in [0.05, 0.1) is 41.3 Å². The van der Waals surface area contributed by atoms with Crippen LogP contribution in [-0.4, -0.2) is 196 Å². The van der Waals surface area contributed by atoms with Gasteiger partial charge >= 0.3 is 11.9 Å². The Kier molecular flexibility index (Phi) is 22.2. The number of aliphatic carboxylic acids is 2. The van der Waals surface area contributed by atoms with Gasteiger partial charge in [-0.3, -0.25) is 28.8 Å². The van der Waals surface area contributed by atoms with Crippen LogP contribution in [0.3, 0.4) is 0 Å². The number of likely N-dealkylation sites (N-methyl/N-ethyl adjacent to an activating group) is 1. The van der Waals surface area contributed by atoms with Crippen molar-refractivity contribution in [3.63, 3.8) is 0 Å². The van der Waals surface area contributed by atoms with Crippen molar-refractivity contribution < 1.29 is 123 Å². The third-order valence-electron chi connectivity index (χ3n) is 17.8. The Labute approximate surface area is 583 Å². The van der Waals surface area contributed by atoms with Gasteiger partial charge in [-0.25, -0.2) is 9.59 Å². The highest BCUT2D eigenvalue weighted by atomic mass is 35.5. The molecule has 0 radical (unpaired) electrons. The normalized spacial score (nSPS) is 29.6. The SMILES string of the molecule is CN[C@@H](CC(C)C)C(=O)N[C@H]1C(=O)N[C@H](C(=O)O)CC(=O)N[C@H]2C(=O)N[C@H]3C(=O)N[C@H](C(=O)N[C@H](C(=O)O)c4cc(O)cc(O)c4-c4cc3ccc4O)[C@H](O)c3ccc(c(Cl)c3)Oc3cc2cc(c3OC2OC(CO)C(O)C(O)C2OC2CC(C)(N)C(O)C(C)O2)Oc2ccc(cc2Cl)[C@H]1O. The van der Waals surface area contributed by atoms with E-state index >= 15 is 9.59 Å². The molecule has 20 N–H and O–H groups in total. The molecule has 101 heavy (non-hydrogen) atoms. The summed E-state index contributed by atoms with van der Waals surface area (Å²) in [5, 5.41) is 141. The average molecular weight is 1450 g/mol. The molecule has 5 aromatic carbocycles. The number of fused-ring (bicyclic) bond motifs is 16. The number of benzene rings is 5. The first-order valence-electron chi connectivity index (χ1n) is 31.6. The minimum atomic E-state index is -2.32. The average Bonchev–Trinajstić information content (AvgIpc) is 0.953. The van der Waals surface area contributed by atoms with Crippen molar-refractivity contribution in [3.05, 3.63) is 117 Å².